The van der Waals surface area contributed by atoms with Crippen LogP contribution in [0.3, 0.4) is 0 Å². The molecule has 1 atom stereocenters. The Labute approximate surface area is 102 Å². The summed E-state index contributed by atoms with van der Waals surface area (Å²) < 4.78 is 0. The first kappa shape index (κ1) is 11.9. The van der Waals surface area contributed by atoms with Crippen molar-refractivity contribution in [3.8, 4) is 6.07 Å². The summed E-state index contributed by atoms with van der Waals surface area (Å²) in [4.78, 5) is 12.2. The van der Waals surface area contributed by atoms with Crippen LogP contribution in [0.5, 0.6) is 0 Å². The van der Waals surface area contributed by atoms with Gasteiger partial charge in [-0.15, -0.1) is 0 Å². The highest BCUT2D eigenvalue weighted by molar-refractivity contribution is 5.90. The summed E-state index contributed by atoms with van der Waals surface area (Å²) in [5, 5.41) is 9.21. The molecule has 1 aromatic carbocycles. The topological polar surface area (TPSA) is 40.9 Å². The molecule has 0 spiro atoms. The third-order valence-electron chi connectivity index (χ3n) is 3.58. The van der Waals surface area contributed by atoms with E-state index in [0.29, 0.717) is 0 Å². The van der Waals surface area contributed by atoms with Crippen LogP contribution < -0.4 is 0 Å². The summed E-state index contributed by atoms with van der Waals surface area (Å²) >= 11 is 0. The zero-order chi connectivity index (χ0) is 12.3. The molecule has 0 amide bonds. The average molecular weight is 227 g/mol. The lowest BCUT2D eigenvalue weighted by molar-refractivity contribution is -0.123. The van der Waals surface area contributed by atoms with E-state index in [1.165, 1.54) is 0 Å². The standard InChI is InChI=1S/C15H17NO/c1-11-6-8-12(9-7-11)14(10-16)15(17)13-4-2-3-5-13/h6-9,13-14H,2-5H2,1H3. The largest absolute Gasteiger partial charge is 0.298 e. The van der Waals surface area contributed by atoms with Crippen molar-refractivity contribution in [2.75, 3.05) is 0 Å². The quantitative estimate of drug-likeness (QED) is 0.794. The van der Waals surface area contributed by atoms with Crippen LogP contribution in [0.1, 0.15) is 42.7 Å². The average Bonchev–Trinajstić information content (AvgIpc) is 2.86. The van der Waals surface area contributed by atoms with Gasteiger partial charge in [-0.05, 0) is 25.3 Å². The Balaban J connectivity index is 2.18. The molecule has 17 heavy (non-hydrogen) atoms. The van der Waals surface area contributed by atoms with Gasteiger partial charge in [0.1, 0.15) is 5.92 Å². The molecule has 1 unspecified atom stereocenters. The number of aryl methyl sites for hydroxylation is 1. The first-order chi connectivity index (χ1) is 8.22. The van der Waals surface area contributed by atoms with Crippen LogP contribution in [0.4, 0.5) is 0 Å². The van der Waals surface area contributed by atoms with Crippen molar-refractivity contribution in [3.63, 3.8) is 0 Å². The number of nitrogens with zero attached hydrogens (tertiary/aromatic N) is 1. The highest BCUT2D eigenvalue weighted by atomic mass is 16.1. The Kier molecular flexibility index (Phi) is 3.58. The van der Waals surface area contributed by atoms with Crippen LogP contribution in [0.2, 0.25) is 0 Å². The Bertz CT molecular complexity index is 435. The number of ketones is 1. The minimum atomic E-state index is -0.571. The summed E-state index contributed by atoms with van der Waals surface area (Å²) in [6, 6.07) is 9.88. The molecule has 0 radical (unpaired) electrons. The second kappa shape index (κ2) is 5.14. The summed E-state index contributed by atoms with van der Waals surface area (Å²) in [6.45, 7) is 2.00. The zero-order valence-corrected chi connectivity index (χ0v) is 10.1. The summed E-state index contributed by atoms with van der Waals surface area (Å²) in [7, 11) is 0. The number of hydrogen-bond donors (Lipinski definition) is 0. The molecule has 2 rings (SSSR count). The number of benzene rings is 1. The van der Waals surface area contributed by atoms with Gasteiger partial charge in [-0.3, -0.25) is 4.79 Å². The van der Waals surface area contributed by atoms with Gasteiger partial charge in [0.05, 0.1) is 6.07 Å². The van der Waals surface area contributed by atoms with Crippen molar-refractivity contribution < 1.29 is 4.79 Å². The SMILES string of the molecule is Cc1ccc(C(C#N)C(=O)C2CCCC2)cc1. The van der Waals surface area contributed by atoms with E-state index in [4.69, 9.17) is 0 Å². The van der Waals surface area contributed by atoms with Gasteiger partial charge >= 0.3 is 0 Å². The number of nitriles is 1. The predicted molar refractivity (Wildman–Crippen MR) is 66.5 cm³/mol. The lowest BCUT2D eigenvalue weighted by atomic mass is 9.87. The smallest absolute Gasteiger partial charge is 0.157 e. The lowest BCUT2D eigenvalue weighted by Crippen LogP contribution is -2.19. The Hall–Kier alpha value is -1.62. The van der Waals surface area contributed by atoms with E-state index in [1.54, 1.807) is 0 Å². The first-order valence-electron chi connectivity index (χ1n) is 6.22. The van der Waals surface area contributed by atoms with Crippen LogP contribution in [0.15, 0.2) is 24.3 Å². The predicted octanol–water partition coefficient (Wildman–Crippen LogP) is 3.36. The zero-order valence-electron chi connectivity index (χ0n) is 10.1. The molecule has 0 aliphatic heterocycles. The van der Waals surface area contributed by atoms with E-state index in [-0.39, 0.29) is 11.7 Å². The second-order valence-corrected chi connectivity index (χ2v) is 4.86. The minimum absolute atomic E-state index is 0.112. The fraction of sp³-hybridized carbons (Fsp3) is 0.467. The molecule has 1 fully saturated rings. The summed E-state index contributed by atoms with van der Waals surface area (Å²) in [6.07, 6.45) is 4.18. The number of carbonyl (C=O) groups excluding carboxylic acids is 1. The van der Waals surface area contributed by atoms with Gasteiger partial charge in [-0.2, -0.15) is 5.26 Å². The van der Waals surface area contributed by atoms with Crippen molar-refractivity contribution >= 4 is 5.78 Å². The van der Waals surface area contributed by atoms with E-state index < -0.39 is 5.92 Å². The number of hydrogen-bond acceptors (Lipinski definition) is 2. The molecule has 2 nitrogen and oxygen atoms in total. The number of carbonyl (C=O) groups is 1. The monoisotopic (exact) mass is 227 g/mol. The van der Waals surface area contributed by atoms with Gasteiger partial charge in [-0.25, -0.2) is 0 Å². The fourth-order valence-electron chi connectivity index (χ4n) is 2.51. The van der Waals surface area contributed by atoms with Crippen LogP contribution in [-0.4, -0.2) is 5.78 Å². The van der Waals surface area contributed by atoms with Gasteiger partial charge in [0.2, 0.25) is 0 Å². The Morgan fingerprint density at radius 3 is 2.41 bits per heavy atom. The lowest BCUT2D eigenvalue weighted by Gasteiger charge is -2.13. The van der Waals surface area contributed by atoms with E-state index in [9.17, 15) is 10.1 Å². The number of rotatable bonds is 3. The molecular formula is C15H17NO. The van der Waals surface area contributed by atoms with Crippen molar-refractivity contribution in [2.24, 2.45) is 5.92 Å². The van der Waals surface area contributed by atoms with Crippen LogP contribution in [0.25, 0.3) is 0 Å². The van der Waals surface area contributed by atoms with E-state index in [2.05, 4.69) is 6.07 Å². The van der Waals surface area contributed by atoms with Gasteiger partial charge in [0, 0.05) is 5.92 Å². The molecule has 88 valence electrons. The molecule has 1 aliphatic rings. The third-order valence-corrected chi connectivity index (χ3v) is 3.58. The van der Waals surface area contributed by atoms with Gasteiger partial charge in [0.25, 0.3) is 0 Å². The van der Waals surface area contributed by atoms with E-state index >= 15 is 0 Å². The van der Waals surface area contributed by atoms with E-state index in [1.807, 2.05) is 31.2 Å². The van der Waals surface area contributed by atoms with Crippen molar-refractivity contribution in [1.82, 2.24) is 0 Å². The maximum atomic E-state index is 12.2. The van der Waals surface area contributed by atoms with E-state index in [0.717, 1.165) is 36.8 Å². The normalized spacial score (nSPS) is 17.6. The second-order valence-electron chi connectivity index (χ2n) is 4.86. The summed E-state index contributed by atoms with van der Waals surface area (Å²) in [5.74, 6) is -0.339. The molecule has 1 aromatic rings. The fourth-order valence-corrected chi connectivity index (χ4v) is 2.51. The highest BCUT2D eigenvalue weighted by Gasteiger charge is 2.30. The Morgan fingerprint density at radius 1 is 1.29 bits per heavy atom. The van der Waals surface area contributed by atoms with Crippen LogP contribution >= 0.6 is 0 Å². The maximum Gasteiger partial charge on any atom is 0.157 e. The maximum absolute atomic E-state index is 12.2. The molecule has 0 aromatic heterocycles. The molecular weight excluding hydrogens is 210 g/mol. The third kappa shape index (κ3) is 2.55. The molecule has 1 saturated carbocycles. The molecule has 0 heterocycles. The number of Topliss-reactive ketones (excluding diaryl/α,β-unsaturated/α-hetero) is 1. The van der Waals surface area contributed by atoms with Gasteiger partial charge < -0.3 is 0 Å². The molecule has 2 heteroatoms. The van der Waals surface area contributed by atoms with Crippen LogP contribution in [0, 0.1) is 24.2 Å². The molecule has 0 saturated heterocycles. The molecule has 1 aliphatic carbocycles. The van der Waals surface area contributed by atoms with Gasteiger partial charge in [-0.1, -0.05) is 42.7 Å². The van der Waals surface area contributed by atoms with Crippen molar-refractivity contribution in [3.05, 3.63) is 35.4 Å². The molecule has 0 bridgehead atoms. The first-order valence-corrected chi connectivity index (χ1v) is 6.22. The minimum Gasteiger partial charge on any atom is -0.298 e. The van der Waals surface area contributed by atoms with Crippen molar-refractivity contribution in [2.45, 2.75) is 38.5 Å². The van der Waals surface area contributed by atoms with Crippen molar-refractivity contribution in [1.29, 1.82) is 5.26 Å². The summed E-state index contributed by atoms with van der Waals surface area (Å²) in [5.41, 5.74) is 1.99. The highest BCUT2D eigenvalue weighted by Crippen LogP contribution is 2.31. The Morgan fingerprint density at radius 2 is 1.88 bits per heavy atom. The molecule has 0 N–H and O–H groups in total. The van der Waals surface area contributed by atoms with Crippen LogP contribution in [-0.2, 0) is 4.79 Å². The van der Waals surface area contributed by atoms with Gasteiger partial charge in [0.15, 0.2) is 5.78 Å².